The zero-order valence-corrected chi connectivity index (χ0v) is 7.40. The summed E-state index contributed by atoms with van der Waals surface area (Å²) in [6.45, 7) is 0. The smallest absolute Gasteiger partial charge is 0.137 e. The van der Waals surface area contributed by atoms with Crippen LogP contribution in [0.1, 0.15) is 18.0 Å². The fourth-order valence-corrected chi connectivity index (χ4v) is 2.58. The molecule has 3 heteroatoms. The first-order valence-corrected chi connectivity index (χ1v) is 4.94. The van der Waals surface area contributed by atoms with Crippen molar-refractivity contribution in [2.75, 3.05) is 5.75 Å². The molecule has 1 unspecified atom stereocenters. The average Bonchev–Trinajstić information content (AvgIpc) is 2.07. The second-order valence-electron chi connectivity index (χ2n) is 2.90. The summed E-state index contributed by atoms with van der Waals surface area (Å²) in [6.07, 6.45) is 0.946. The molecule has 0 aliphatic carbocycles. The Morgan fingerprint density at radius 2 is 2.33 bits per heavy atom. The Labute approximate surface area is 75.1 Å². The summed E-state index contributed by atoms with van der Waals surface area (Å²) < 4.78 is 13.2. The first-order valence-electron chi connectivity index (χ1n) is 3.96. The van der Waals surface area contributed by atoms with Gasteiger partial charge in [0.15, 0.2) is 0 Å². The third-order valence-corrected chi connectivity index (χ3v) is 3.23. The van der Waals surface area contributed by atoms with Crippen molar-refractivity contribution in [2.24, 2.45) is 5.73 Å². The standard InChI is InChI=1S/C9H10FNS/c10-7-3-1-2-6-8(11)4-5-12-9(6)7/h1-3,8H,4-5,11H2. The van der Waals surface area contributed by atoms with Crippen LogP contribution in [0.5, 0.6) is 0 Å². The molecule has 0 saturated heterocycles. The van der Waals surface area contributed by atoms with E-state index in [2.05, 4.69) is 0 Å². The fourth-order valence-electron chi connectivity index (χ4n) is 1.41. The Morgan fingerprint density at radius 3 is 3.08 bits per heavy atom. The lowest BCUT2D eigenvalue weighted by Crippen LogP contribution is -2.16. The monoisotopic (exact) mass is 183 g/mol. The van der Waals surface area contributed by atoms with E-state index in [1.807, 2.05) is 6.07 Å². The maximum absolute atomic E-state index is 13.2. The summed E-state index contributed by atoms with van der Waals surface area (Å²) in [4.78, 5) is 0.747. The van der Waals surface area contributed by atoms with Crippen molar-refractivity contribution in [3.8, 4) is 0 Å². The number of hydrogen-bond donors (Lipinski definition) is 1. The van der Waals surface area contributed by atoms with Crippen LogP contribution >= 0.6 is 11.8 Å². The Kier molecular flexibility index (Phi) is 2.07. The maximum atomic E-state index is 13.2. The molecule has 1 aliphatic rings. The minimum atomic E-state index is -0.132. The minimum Gasteiger partial charge on any atom is -0.324 e. The van der Waals surface area contributed by atoms with Gasteiger partial charge in [0.25, 0.3) is 0 Å². The number of nitrogens with two attached hydrogens (primary N) is 1. The molecule has 1 atom stereocenters. The summed E-state index contributed by atoms with van der Waals surface area (Å²) in [7, 11) is 0. The molecule has 0 bridgehead atoms. The maximum Gasteiger partial charge on any atom is 0.137 e. The number of benzene rings is 1. The molecule has 1 heterocycles. The average molecular weight is 183 g/mol. The van der Waals surface area contributed by atoms with Crippen molar-refractivity contribution in [1.82, 2.24) is 0 Å². The summed E-state index contributed by atoms with van der Waals surface area (Å²) in [5.74, 6) is 0.794. The van der Waals surface area contributed by atoms with Crippen LogP contribution in [0, 0.1) is 5.82 Å². The molecule has 1 aromatic carbocycles. The minimum absolute atomic E-state index is 0.0250. The number of halogens is 1. The van der Waals surface area contributed by atoms with Gasteiger partial charge >= 0.3 is 0 Å². The molecule has 1 nitrogen and oxygen atoms in total. The van der Waals surface area contributed by atoms with Crippen LogP contribution in [0.25, 0.3) is 0 Å². The van der Waals surface area contributed by atoms with Crippen molar-refractivity contribution in [1.29, 1.82) is 0 Å². The Morgan fingerprint density at radius 1 is 1.50 bits per heavy atom. The number of rotatable bonds is 0. The van der Waals surface area contributed by atoms with Gasteiger partial charge in [0.1, 0.15) is 5.82 Å². The number of hydrogen-bond acceptors (Lipinski definition) is 2. The first kappa shape index (κ1) is 8.08. The molecule has 0 spiro atoms. The Hall–Kier alpha value is -0.540. The van der Waals surface area contributed by atoms with Gasteiger partial charge in [-0.2, -0.15) is 0 Å². The second kappa shape index (κ2) is 3.07. The molecule has 0 aromatic heterocycles. The topological polar surface area (TPSA) is 26.0 Å². The van der Waals surface area contributed by atoms with E-state index < -0.39 is 0 Å². The highest BCUT2D eigenvalue weighted by molar-refractivity contribution is 7.99. The van der Waals surface area contributed by atoms with Crippen molar-refractivity contribution in [3.63, 3.8) is 0 Å². The molecular weight excluding hydrogens is 173 g/mol. The van der Waals surface area contributed by atoms with E-state index in [0.29, 0.717) is 0 Å². The first-order chi connectivity index (χ1) is 5.79. The van der Waals surface area contributed by atoms with Gasteiger partial charge in [-0.1, -0.05) is 12.1 Å². The van der Waals surface area contributed by atoms with Crippen LogP contribution in [-0.2, 0) is 0 Å². The van der Waals surface area contributed by atoms with Crippen molar-refractivity contribution < 1.29 is 4.39 Å². The van der Waals surface area contributed by atoms with Gasteiger partial charge < -0.3 is 5.73 Å². The Balaban J connectivity index is 2.52. The zero-order valence-electron chi connectivity index (χ0n) is 6.59. The van der Waals surface area contributed by atoms with Crippen LogP contribution in [0.15, 0.2) is 23.1 Å². The van der Waals surface area contributed by atoms with Crippen LogP contribution in [0.3, 0.4) is 0 Å². The van der Waals surface area contributed by atoms with E-state index in [9.17, 15) is 4.39 Å². The molecule has 1 aliphatic heterocycles. The second-order valence-corrected chi connectivity index (χ2v) is 4.01. The van der Waals surface area contributed by atoms with Gasteiger partial charge in [-0.05, 0) is 23.8 Å². The molecule has 0 saturated carbocycles. The molecule has 12 heavy (non-hydrogen) atoms. The predicted molar refractivity (Wildman–Crippen MR) is 48.7 cm³/mol. The Bertz CT molecular complexity index is 301. The van der Waals surface area contributed by atoms with E-state index in [1.165, 1.54) is 6.07 Å². The highest BCUT2D eigenvalue weighted by atomic mass is 32.2. The largest absolute Gasteiger partial charge is 0.324 e. The third-order valence-electron chi connectivity index (χ3n) is 2.07. The van der Waals surface area contributed by atoms with Gasteiger partial charge in [0.2, 0.25) is 0 Å². The summed E-state index contributed by atoms with van der Waals surface area (Å²) in [5.41, 5.74) is 6.80. The predicted octanol–water partition coefficient (Wildman–Crippen LogP) is 2.32. The zero-order chi connectivity index (χ0) is 8.55. The van der Waals surface area contributed by atoms with Crippen molar-refractivity contribution >= 4 is 11.8 Å². The highest BCUT2D eigenvalue weighted by Gasteiger charge is 2.19. The van der Waals surface area contributed by atoms with Gasteiger partial charge in [-0.15, -0.1) is 11.8 Å². The van der Waals surface area contributed by atoms with E-state index in [4.69, 9.17) is 5.73 Å². The molecule has 0 radical (unpaired) electrons. The third kappa shape index (κ3) is 1.23. The molecule has 2 N–H and O–H groups in total. The van der Waals surface area contributed by atoms with Crippen LogP contribution in [0.2, 0.25) is 0 Å². The van der Waals surface area contributed by atoms with E-state index in [1.54, 1.807) is 17.8 Å². The molecule has 1 aromatic rings. The van der Waals surface area contributed by atoms with Crippen LogP contribution in [0.4, 0.5) is 4.39 Å². The van der Waals surface area contributed by atoms with Gasteiger partial charge in [-0.25, -0.2) is 4.39 Å². The van der Waals surface area contributed by atoms with Crippen molar-refractivity contribution in [3.05, 3.63) is 29.6 Å². The van der Waals surface area contributed by atoms with Crippen molar-refractivity contribution in [2.45, 2.75) is 17.4 Å². The van der Waals surface area contributed by atoms with Gasteiger partial charge in [0, 0.05) is 10.9 Å². The lowest BCUT2D eigenvalue weighted by molar-refractivity contribution is 0.578. The number of fused-ring (bicyclic) bond motifs is 1. The van der Waals surface area contributed by atoms with E-state index in [0.717, 1.165) is 22.6 Å². The molecule has 0 fully saturated rings. The quantitative estimate of drug-likeness (QED) is 0.668. The number of thioether (sulfide) groups is 1. The van der Waals surface area contributed by atoms with Gasteiger partial charge in [0.05, 0.1) is 0 Å². The lowest BCUT2D eigenvalue weighted by atomic mass is 10.1. The molecular formula is C9H10FNS. The van der Waals surface area contributed by atoms with E-state index >= 15 is 0 Å². The summed E-state index contributed by atoms with van der Waals surface area (Å²) in [5, 5.41) is 0. The van der Waals surface area contributed by atoms with Gasteiger partial charge in [-0.3, -0.25) is 0 Å². The SMILES string of the molecule is NC1CCSc2c(F)cccc21. The molecule has 2 rings (SSSR count). The van der Waals surface area contributed by atoms with E-state index in [-0.39, 0.29) is 11.9 Å². The fraction of sp³-hybridized carbons (Fsp3) is 0.333. The normalized spacial score (nSPS) is 22.0. The lowest BCUT2D eigenvalue weighted by Gasteiger charge is -2.21. The van der Waals surface area contributed by atoms with Crippen LogP contribution < -0.4 is 5.73 Å². The molecule has 64 valence electrons. The molecule has 0 amide bonds. The summed E-state index contributed by atoms with van der Waals surface area (Å²) in [6, 6.07) is 5.15. The van der Waals surface area contributed by atoms with Crippen LogP contribution in [-0.4, -0.2) is 5.75 Å². The summed E-state index contributed by atoms with van der Waals surface area (Å²) >= 11 is 1.56. The highest BCUT2D eigenvalue weighted by Crippen LogP contribution is 2.36.